The van der Waals surface area contributed by atoms with E-state index in [0.717, 1.165) is 4.68 Å². The molecule has 0 saturated carbocycles. The first-order valence-electron chi connectivity index (χ1n) is 7.80. The third kappa shape index (κ3) is 3.92. The molecule has 0 spiro atoms. The number of amides is 1. The van der Waals surface area contributed by atoms with Crippen molar-refractivity contribution >= 4 is 17.3 Å². The first-order chi connectivity index (χ1) is 12.7. The van der Waals surface area contributed by atoms with Crippen molar-refractivity contribution in [3.8, 4) is 11.8 Å². The van der Waals surface area contributed by atoms with Crippen LogP contribution >= 0.6 is 0 Å². The molecule has 0 aliphatic heterocycles. The monoisotopic (exact) mass is 371 g/mol. The van der Waals surface area contributed by atoms with Crippen LogP contribution in [0.3, 0.4) is 0 Å². The number of aromatic nitrogens is 2. The molecule has 0 saturated heterocycles. The topological polar surface area (TPSA) is 140 Å². The molecule has 27 heavy (non-hydrogen) atoms. The fraction of sp³-hybridized carbons (Fsp3) is 0.294. The number of anilines is 1. The Morgan fingerprint density at radius 1 is 1.41 bits per heavy atom. The number of carbonyl (C=O) groups is 1. The van der Waals surface area contributed by atoms with Gasteiger partial charge in [0, 0.05) is 17.8 Å². The molecule has 0 atom stereocenters. The van der Waals surface area contributed by atoms with Crippen molar-refractivity contribution in [2.24, 2.45) is 0 Å². The second-order valence-corrected chi connectivity index (χ2v) is 5.80. The number of rotatable bonds is 5. The lowest BCUT2D eigenvalue weighted by atomic mass is 10.1. The lowest BCUT2D eigenvalue weighted by Crippen LogP contribution is -2.32. The minimum Gasteiger partial charge on any atom is -0.490 e. The molecule has 10 heteroatoms. The van der Waals surface area contributed by atoms with Crippen LogP contribution in [0.25, 0.3) is 0 Å². The van der Waals surface area contributed by atoms with Crippen LogP contribution in [0, 0.1) is 42.2 Å². The molecule has 0 fully saturated rings. The average Bonchev–Trinajstić information content (AvgIpc) is 2.61. The molecule has 1 amide bonds. The summed E-state index contributed by atoms with van der Waals surface area (Å²) in [4.78, 5) is 35.0. The summed E-state index contributed by atoms with van der Waals surface area (Å²) in [6.07, 6.45) is 0. The Morgan fingerprint density at radius 3 is 2.63 bits per heavy atom. The van der Waals surface area contributed by atoms with Gasteiger partial charge in [-0.25, -0.2) is 4.68 Å². The molecule has 1 aromatic heterocycles. The van der Waals surface area contributed by atoms with E-state index in [9.17, 15) is 19.7 Å². The normalized spacial score (nSPS) is 10.2. The maximum Gasteiger partial charge on any atom is 0.311 e. The lowest BCUT2D eigenvalue weighted by Gasteiger charge is -2.12. The van der Waals surface area contributed by atoms with E-state index in [1.54, 1.807) is 20.8 Å². The van der Waals surface area contributed by atoms with Crippen LogP contribution in [0.1, 0.15) is 22.4 Å². The summed E-state index contributed by atoms with van der Waals surface area (Å²) < 4.78 is 5.89. The molecule has 2 aromatic rings. The van der Waals surface area contributed by atoms with Gasteiger partial charge in [-0.3, -0.25) is 19.7 Å². The van der Waals surface area contributed by atoms with Gasteiger partial charge >= 0.3 is 5.69 Å². The van der Waals surface area contributed by atoms with E-state index in [1.165, 1.54) is 19.2 Å². The summed E-state index contributed by atoms with van der Waals surface area (Å²) in [5.41, 5.74) is 0.743. The number of nitro benzene ring substituents is 1. The summed E-state index contributed by atoms with van der Waals surface area (Å²) in [5, 5.41) is 26.8. The Kier molecular flexibility index (Phi) is 5.55. The minimum absolute atomic E-state index is 0.00543. The van der Waals surface area contributed by atoms with E-state index in [1.807, 2.05) is 6.07 Å². The van der Waals surface area contributed by atoms with E-state index < -0.39 is 22.9 Å². The number of nitriles is 1. The maximum absolute atomic E-state index is 12.3. The molecule has 0 aliphatic carbocycles. The summed E-state index contributed by atoms with van der Waals surface area (Å²) in [7, 11) is 1.28. The van der Waals surface area contributed by atoms with Crippen molar-refractivity contribution in [2.75, 3.05) is 12.4 Å². The van der Waals surface area contributed by atoms with Gasteiger partial charge in [0.2, 0.25) is 5.91 Å². The Hall–Kier alpha value is -3.74. The third-order valence-electron chi connectivity index (χ3n) is 4.04. The van der Waals surface area contributed by atoms with Gasteiger partial charge in [0.15, 0.2) is 5.75 Å². The van der Waals surface area contributed by atoms with Gasteiger partial charge in [0.25, 0.3) is 5.56 Å². The number of nitro groups is 1. The van der Waals surface area contributed by atoms with Gasteiger partial charge in [-0.15, -0.1) is 0 Å². The zero-order valence-corrected chi connectivity index (χ0v) is 15.2. The Morgan fingerprint density at radius 2 is 2.07 bits per heavy atom. The zero-order valence-electron chi connectivity index (χ0n) is 15.2. The molecule has 1 heterocycles. The third-order valence-corrected chi connectivity index (χ3v) is 4.04. The summed E-state index contributed by atoms with van der Waals surface area (Å²) >= 11 is 0. The predicted molar refractivity (Wildman–Crippen MR) is 95.7 cm³/mol. The van der Waals surface area contributed by atoms with Crippen molar-refractivity contribution in [1.82, 2.24) is 9.78 Å². The second-order valence-electron chi connectivity index (χ2n) is 5.80. The molecule has 10 nitrogen and oxygen atoms in total. The molecular formula is C17H17N5O5. The molecule has 0 unspecified atom stereocenters. The molecule has 2 rings (SSSR count). The van der Waals surface area contributed by atoms with Crippen molar-refractivity contribution < 1.29 is 14.5 Å². The number of hydrogen-bond donors (Lipinski definition) is 1. The highest BCUT2D eigenvalue weighted by Crippen LogP contribution is 2.32. The largest absolute Gasteiger partial charge is 0.490 e. The summed E-state index contributed by atoms with van der Waals surface area (Å²) in [5.74, 6) is -0.579. The minimum atomic E-state index is -0.659. The van der Waals surface area contributed by atoms with E-state index in [-0.39, 0.29) is 17.0 Å². The fourth-order valence-electron chi connectivity index (χ4n) is 2.45. The van der Waals surface area contributed by atoms with Crippen molar-refractivity contribution in [3.63, 3.8) is 0 Å². The van der Waals surface area contributed by atoms with Gasteiger partial charge in [0.05, 0.1) is 17.7 Å². The molecule has 140 valence electrons. The highest BCUT2D eigenvalue weighted by Gasteiger charge is 2.19. The van der Waals surface area contributed by atoms with Gasteiger partial charge in [0.1, 0.15) is 18.2 Å². The first-order valence-corrected chi connectivity index (χ1v) is 7.80. The van der Waals surface area contributed by atoms with Crippen LogP contribution < -0.4 is 15.6 Å². The van der Waals surface area contributed by atoms with Crippen LogP contribution in [0.5, 0.6) is 5.75 Å². The molecule has 0 radical (unpaired) electrons. The fourth-order valence-corrected chi connectivity index (χ4v) is 2.45. The van der Waals surface area contributed by atoms with Crippen LogP contribution in [-0.4, -0.2) is 27.7 Å². The molecule has 1 aromatic carbocycles. The van der Waals surface area contributed by atoms with Crippen LogP contribution in [-0.2, 0) is 11.3 Å². The van der Waals surface area contributed by atoms with Crippen LogP contribution in [0.15, 0.2) is 16.9 Å². The van der Waals surface area contributed by atoms with E-state index in [2.05, 4.69) is 10.4 Å². The molecule has 1 N–H and O–H groups in total. The van der Waals surface area contributed by atoms with Gasteiger partial charge < -0.3 is 10.1 Å². The van der Waals surface area contributed by atoms with Gasteiger partial charge in [-0.05, 0) is 31.9 Å². The number of nitrogens with zero attached hydrogens (tertiary/aromatic N) is 4. The zero-order chi connectivity index (χ0) is 20.3. The van der Waals surface area contributed by atoms with E-state index in [4.69, 9.17) is 10.00 Å². The lowest BCUT2D eigenvalue weighted by molar-refractivity contribution is -0.385. The molecule has 0 aliphatic rings. The van der Waals surface area contributed by atoms with Gasteiger partial charge in [-0.2, -0.15) is 10.4 Å². The quantitative estimate of drug-likeness (QED) is 0.621. The van der Waals surface area contributed by atoms with E-state index in [0.29, 0.717) is 22.5 Å². The Bertz CT molecular complexity index is 1040. The average molecular weight is 371 g/mol. The first kappa shape index (κ1) is 19.6. The summed E-state index contributed by atoms with van der Waals surface area (Å²) in [6, 6.07) is 4.44. The standard InChI is InChI=1S/C17H17N5O5/c1-9-5-14(22(25)26)15(27-4)6-13(9)19-16(23)8-21-17(24)12(7-18)10(2)11(3)20-21/h5-6H,8H2,1-4H3,(H,19,23). The summed E-state index contributed by atoms with van der Waals surface area (Å²) in [6.45, 7) is 4.43. The van der Waals surface area contributed by atoms with E-state index >= 15 is 0 Å². The smallest absolute Gasteiger partial charge is 0.311 e. The molecule has 0 bridgehead atoms. The van der Waals surface area contributed by atoms with Gasteiger partial charge in [-0.1, -0.05) is 0 Å². The number of benzene rings is 1. The highest BCUT2D eigenvalue weighted by molar-refractivity contribution is 5.92. The number of nitrogens with one attached hydrogen (secondary N) is 1. The number of ether oxygens (including phenoxy) is 1. The van der Waals surface area contributed by atoms with Crippen molar-refractivity contribution in [1.29, 1.82) is 5.26 Å². The Labute approximate surface area is 154 Å². The Balaban J connectivity index is 2.32. The van der Waals surface area contributed by atoms with Crippen LogP contribution in [0.4, 0.5) is 11.4 Å². The predicted octanol–water partition coefficient (Wildman–Crippen LogP) is 1.60. The van der Waals surface area contributed by atoms with Crippen molar-refractivity contribution in [2.45, 2.75) is 27.3 Å². The number of hydrogen-bond acceptors (Lipinski definition) is 7. The number of methoxy groups -OCH3 is 1. The van der Waals surface area contributed by atoms with Crippen LogP contribution in [0.2, 0.25) is 0 Å². The highest BCUT2D eigenvalue weighted by atomic mass is 16.6. The molecular weight excluding hydrogens is 354 g/mol. The number of carbonyl (C=O) groups excluding carboxylic acids is 1. The SMILES string of the molecule is COc1cc(NC(=O)Cn2nc(C)c(C)c(C#N)c2=O)c(C)cc1[N+](=O)[O-]. The maximum atomic E-state index is 12.3. The van der Waals surface area contributed by atoms with Crippen molar-refractivity contribution in [3.05, 3.63) is 55.0 Å². The number of aryl methyl sites for hydroxylation is 2. The second kappa shape index (κ2) is 7.65.